The van der Waals surface area contributed by atoms with Crippen LogP contribution in [-0.2, 0) is 22.3 Å². The maximum Gasteiger partial charge on any atom is 0.253 e. The summed E-state index contributed by atoms with van der Waals surface area (Å²) in [5.74, 6) is 0.172. The first-order valence-corrected chi connectivity index (χ1v) is 12.6. The van der Waals surface area contributed by atoms with Crippen LogP contribution in [0.5, 0.6) is 0 Å². The molecule has 1 aromatic carbocycles. The van der Waals surface area contributed by atoms with Crippen molar-refractivity contribution in [3.05, 3.63) is 34.9 Å². The van der Waals surface area contributed by atoms with Gasteiger partial charge in [-0.3, -0.25) is 4.79 Å². The molecule has 0 aromatic heterocycles. The van der Waals surface area contributed by atoms with Crippen LogP contribution in [0, 0.1) is 5.41 Å². The van der Waals surface area contributed by atoms with Gasteiger partial charge >= 0.3 is 0 Å². The number of piperidine rings is 1. The zero-order chi connectivity index (χ0) is 22.6. The molecule has 0 radical (unpaired) electrons. The van der Waals surface area contributed by atoms with E-state index in [0.717, 1.165) is 70.2 Å². The second-order valence-electron chi connectivity index (χ2n) is 11.6. The van der Waals surface area contributed by atoms with Crippen molar-refractivity contribution in [1.29, 1.82) is 0 Å². The van der Waals surface area contributed by atoms with Crippen LogP contribution in [0.3, 0.4) is 0 Å². The van der Waals surface area contributed by atoms with Crippen LogP contribution in [0.1, 0.15) is 87.2 Å². The molecule has 1 spiro atoms. The van der Waals surface area contributed by atoms with Crippen molar-refractivity contribution in [2.45, 2.75) is 102 Å². The lowest BCUT2D eigenvalue weighted by Gasteiger charge is -2.56. The molecule has 4 aliphatic rings. The summed E-state index contributed by atoms with van der Waals surface area (Å²) in [6.45, 7) is 8.14. The van der Waals surface area contributed by atoms with Crippen LogP contribution >= 0.6 is 0 Å². The van der Waals surface area contributed by atoms with Gasteiger partial charge in [0.2, 0.25) is 0 Å². The number of aryl methyl sites for hydroxylation is 2. The zero-order valence-electron chi connectivity index (χ0n) is 20.0. The minimum atomic E-state index is -0.837. The number of hydrogen-bond donors (Lipinski definition) is 1. The van der Waals surface area contributed by atoms with E-state index in [2.05, 4.69) is 19.1 Å². The molecule has 5 rings (SSSR count). The first kappa shape index (κ1) is 22.4. The lowest BCUT2D eigenvalue weighted by Crippen LogP contribution is -2.61. The lowest BCUT2D eigenvalue weighted by molar-refractivity contribution is -0.271. The second kappa shape index (κ2) is 8.11. The summed E-state index contributed by atoms with van der Waals surface area (Å²) < 4.78 is 12.9. The number of carbonyl (C=O) groups is 1. The van der Waals surface area contributed by atoms with Gasteiger partial charge in [0.25, 0.3) is 5.91 Å². The highest BCUT2D eigenvalue weighted by Crippen LogP contribution is 2.49. The van der Waals surface area contributed by atoms with Gasteiger partial charge < -0.3 is 19.5 Å². The van der Waals surface area contributed by atoms with Crippen molar-refractivity contribution in [3.63, 3.8) is 0 Å². The van der Waals surface area contributed by atoms with E-state index in [4.69, 9.17) is 9.47 Å². The lowest BCUT2D eigenvalue weighted by atomic mass is 9.68. The fraction of sp³-hybridized carbons (Fsp3) is 0.741. The third-order valence-electron chi connectivity index (χ3n) is 8.73. The fourth-order valence-electron chi connectivity index (χ4n) is 6.29. The molecule has 3 saturated heterocycles. The predicted molar refractivity (Wildman–Crippen MR) is 124 cm³/mol. The quantitative estimate of drug-likeness (QED) is 0.744. The Morgan fingerprint density at radius 3 is 2.56 bits per heavy atom. The number of ether oxygens (including phenoxy) is 2. The van der Waals surface area contributed by atoms with Gasteiger partial charge in [-0.25, -0.2) is 0 Å². The number of likely N-dealkylation sites (tertiary alicyclic amines) is 1. The van der Waals surface area contributed by atoms with E-state index in [1.165, 1.54) is 24.0 Å². The number of rotatable bonds is 2. The van der Waals surface area contributed by atoms with Gasteiger partial charge in [-0.15, -0.1) is 0 Å². The Kier molecular flexibility index (Phi) is 5.67. The van der Waals surface area contributed by atoms with Gasteiger partial charge in [0.1, 0.15) is 0 Å². The van der Waals surface area contributed by atoms with Crippen LogP contribution < -0.4 is 0 Å². The van der Waals surface area contributed by atoms with E-state index in [0.29, 0.717) is 0 Å². The van der Waals surface area contributed by atoms with Crippen molar-refractivity contribution in [1.82, 2.24) is 4.90 Å². The molecule has 1 N–H and O–H groups in total. The van der Waals surface area contributed by atoms with E-state index in [1.54, 1.807) is 0 Å². The number of fused-ring (bicyclic) bond motifs is 2. The number of nitrogens with zero attached hydrogens (tertiary/aromatic N) is 1. The molecule has 0 unspecified atom stereocenters. The molecular formula is C27H39NO4. The van der Waals surface area contributed by atoms with Crippen molar-refractivity contribution in [3.8, 4) is 0 Å². The third-order valence-corrected chi connectivity index (χ3v) is 8.73. The maximum atomic E-state index is 13.2. The van der Waals surface area contributed by atoms with E-state index in [9.17, 15) is 9.90 Å². The van der Waals surface area contributed by atoms with Gasteiger partial charge in [-0.2, -0.15) is 0 Å². The SMILES string of the molecule is CC(C)(O)[C@@H]1CC[C@@]2(C)OCC3(CCN(C(=O)c4ccc5c(c4)CCCC5)CC3)C[C@@H]2O1. The minimum absolute atomic E-state index is 0.00400. The molecule has 5 nitrogen and oxygen atoms in total. The van der Waals surface area contributed by atoms with Gasteiger partial charge in [-0.05, 0) is 107 Å². The zero-order valence-corrected chi connectivity index (χ0v) is 20.0. The van der Waals surface area contributed by atoms with E-state index < -0.39 is 5.60 Å². The molecule has 3 atom stereocenters. The molecule has 0 saturated carbocycles. The highest BCUT2D eigenvalue weighted by molar-refractivity contribution is 5.94. The number of benzene rings is 1. The molecule has 32 heavy (non-hydrogen) atoms. The molecular weight excluding hydrogens is 402 g/mol. The fourth-order valence-corrected chi connectivity index (χ4v) is 6.29. The van der Waals surface area contributed by atoms with E-state index in [1.807, 2.05) is 24.8 Å². The first-order valence-electron chi connectivity index (χ1n) is 12.6. The highest BCUT2D eigenvalue weighted by atomic mass is 16.6. The van der Waals surface area contributed by atoms with Crippen molar-refractivity contribution in [2.24, 2.45) is 5.41 Å². The van der Waals surface area contributed by atoms with Crippen molar-refractivity contribution in [2.75, 3.05) is 19.7 Å². The van der Waals surface area contributed by atoms with Gasteiger partial charge in [0, 0.05) is 18.7 Å². The van der Waals surface area contributed by atoms with Crippen molar-refractivity contribution >= 4 is 5.91 Å². The highest BCUT2D eigenvalue weighted by Gasteiger charge is 2.53. The smallest absolute Gasteiger partial charge is 0.253 e. The topological polar surface area (TPSA) is 59.0 Å². The van der Waals surface area contributed by atoms with Crippen LogP contribution in [0.25, 0.3) is 0 Å². The van der Waals surface area contributed by atoms with Crippen LogP contribution in [-0.4, -0.2) is 59.0 Å². The van der Waals surface area contributed by atoms with Crippen molar-refractivity contribution < 1.29 is 19.4 Å². The summed E-state index contributed by atoms with van der Waals surface area (Å²) in [4.78, 5) is 15.3. The van der Waals surface area contributed by atoms with Gasteiger partial charge in [0.15, 0.2) is 0 Å². The Morgan fingerprint density at radius 2 is 1.84 bits per heavy atom. The number of amides is 1. The molecule has 3 heterocycles. The molecule has 1 aliphatic carbocycles. The first-order chi connectivity index (χ1) is 15.2. The maximum absolute atomic E-state index is 13.2. The molecule has 5 heteroatoms. The number of hydrogen-bond acceptors (Lipinski definition) is 4. The predicted octanol–water partition coefficient (Wildman–Crippen LogP) is 4.29. The van der Waals surface area contributed by atoms with Crippen LogP contribution in [0.15, 0.2) is 18.2 Å². The summed E-state index contributed by atoms with van der Waals surface area (Å²) in [6.07, 6.45) is 9.20. The van der Waals surface area contributed by atoms with Crippen LogP contribution in [0.4, 0.5) is 0 Å². The Balaban J connectivity index is 1.24. The van der Waals surface area contributed by atoms with Crippen LogP contribution in [0.2, 0.25) is 0 Å². The summed E-state index contributed by atoms with van der Waals surface area (Å²) >= 11 is 0. The molecule has 3 fully saturated rings. The monoisotopic (exact) mass is 441 g/mol. The summed E-state index contributed by atoms with van der Waals surface area (Å²) in [5.41, 5.74) is 2.60. The summed E-state index contributed by atoms with van der Waals surface area (Å²) in [6, 6.07) is 6.34. The standard InChI is InChI=1S/C27H39NO4/c1-25(2,30)22-10-11-26(3)23(32-22)17-27(18-31-26)12-14-28(15-13-27)24(29)21-9-8-19-6-4-5-7-20(19)16-21/h8-9,16,22-23,30H,4-7,10-15,17-18H2,1-3H3/t22-,23-,26+/m0/s1. The largest absolute Gasteiger partial charge is 0.388 e. The van der Waals surface area contributed by atoms with Gasteiger partial charge in [0.05, 0.1) is 30.0 Å². The molecule has 3 aliphatic heterocycles. The summed E-state index contributed by atoms with van der Waals surface area (Å²) in [5, 5.41) is 10.5. The average molecular weight is 442 g/mol. The second-order valence-corrected chi connectivity index (χ2v) is 11.6. The summed E-state index contributed by atoms with van der Waals surface area (Å²) in [7, 11) is 0. The minimum Gasteiger partial charge on any atom is -0.388 e. The third kappa shape index (κ3) is 4.12. The van der Waals surface area contributed by atoms with E-state index in [-0.39, 0.29) is 29.1 Å². The normalized spacial score (nSPS) is 32.3. The Bertz CT molecular complexity index is 867. The molecule has 1 aromatic rings. The molecule has 0 bridgehead atoms. The average Bonchev–Trinajstić information content (AvgIpc) is 2.78. The number of carbonyl (C=O) groups excluding carboxylic acids is 1. The Labute approximate surface area is 192 Å². The Morgan fingerprint density at radius 1 is 1.12 bits per heavy atom. The molecule has 176 valence electrons. The van der Waals surface area contributed by atoms with Gasteiger partial charge in [-0.1, -0.05) is 6.07 Å². The van der Waals surface area contributed by atoms with E-state index >= 15 is 0 Å². The molecule has 1 amide bonds. The number of aliphatic hydroxyl groups is 1. The Hall–Kier alpha value is -1.43.